The van der Waals surface area contributed by atoms with E-state index >= 15 is 0 Å². The fraction of sp³-hybridized carbons (Fsp3) is 0.875. The highest BCUT2D eigenvalue weighted by Gasteiger charge is 2.40. The van der Waals surface area contributed by atoms with Crippen LogP contribution in [0.2, 0.25) is 0 Å². The summed E-state index contributed by atoms with van der Waals surface area (Å²) in [6.07, 6.45) is 1.15. The Labute approximate surface area is 85.9 Å². The minimum absolute atomic E-state index is 0.158. The molecule has 0 spiro atoms. The number of nitrogens with zero attached hydrogens (tertiary/aromatic N) is 1. The third-order valence-corrected chi connectivity index (χ3v) is 2.26. The van der Waals surface area contributed by atoms with Crippen molar-refractivity contribution in [3.8, 4) is 0 Å². The van der Waals surface area contributed by atoms with Crippen LogP contribution >= 0.6 is 0 Å². The Morgan fingerprint density at radius 3 is 2.29 bits per heavy atom. The van der Waals surface area contributed by atoms with Gasteiger partial charge in [-0.2, -0.15) is 4.21 Å². The van der Waals surface area contributed by atoms with E-state index in [9.17, 15) is 9.00 Å². The second-order valence-electron chi connectivity index (χ2n) is 4.34. The minimum atomic E-state index is -2.53. The van der Waals surface area contributed by atoms with E-state index in [0.29, 0.717) is 0 Å². The molecule has 6 heteroatoms. The van der Waals surface area contributed by atoms with Gasteiger partial charge in [-0.3, -0.25) is 9.45 Å². The molecule has 0 saturated heterocycles. The van der Waals surface area contributed by atoms with E-state index in [-0.39, 0.29) is 11.6 Å². The normalized spacial score (nSPS) is 18.9. The number of amides is 1. The number of carbonyl (C=O) groups excluding carboxylic acids is 1. The van der Waals surface area contributed by atoms with Crippen molar-refractivity contribution in [2.24, 2.45) is 0 Å². The Morgan fingerprint density at radius 1 is 1.50 bits per heavy atom. The molecule has 1 aliphatic rings. The van der Waals surface area contributed by atoms with Crippen LogP contribution in [0.25, 0.3) is 0 Å². The van der Waals surface area contributed by atoms with E-state index in [4.69, 9.17) is 4.55 Å². The predicted octanol–water partition coefficient (Wildman–Crippen LogP) is 1.52. The number of hydrogen-bond donors (Lipinski definition) is 1. The van der Waals surface area contributed by atoms with E-state index in [1.54, 1.807) is 0 Å². The summed E-state index contributed by atoms with van der Waals surface area (Å²) < 4.78 is 23.0. The van der Waals surface area contributed by atoms with Crippen LogP contribution in [-0.4, -0.2) is 31.3 Å². The highest BCUT2D eigenvalue weighted by molar-refractivity contribution is 7.74. The summed E-state index contributed by atoms with van der Waals surface area (Å²) in [4.78, 5) is 12.9. The first-order valence-corrected chi connectivity index (χ1v) is 5.48. The number of carbonyl (C=O) groups is 1. The second-order valence-corrected chi connectivity index (χ2v) is 4.94. The molecule has 1 atom stereocenters. The van der Waals surface area contributed by atoms with Crippen LogP contribution in [0.3, 0.4) is 0 Å². The van der Waals surface area contributed by atoms with Crippen LogP contribution in [-0.2, 0) is 15.5 Å². The molecule has 1 rings (SSSR count). The molecule has 14 heavy (non-hydrogen) atoms. The molecule has 0 aromatic carbocycles. The fourth-order valence-corrected chi connectivity index (χ4v) is 1.61. The van der Waals surface area contributed by atoms with Crippen LogP contribution in [0.4, 0.5) is 4.79 Å². The molecule has 1 N–H and O–H groups in total. The topological polar surface area (TPSA) is 66.8 Å². The lowest BCUT2D eigenvalue weighted by molar-refractivity contribution is 0.103. The van der Waals surface area contributed by atoms with Gasteiger partial charge in [0.2, 0.25) is 0 Å². The van der Waals surface area contributed by atoms with Gasteiger partial charge in [0, 0.05) is 11.6 Å². The molecule has 0 aromatic rings. The zero-order chi connectivity index (χ0) is 10.9. The van der Waals surface area contributed by atoms with Gasteiger partial charge in [-0.25, -0.2) is 4.79 Å². The Kier molecular flexibility index (Phi) is 3.16. The molecule has 0 heterocycles. The average Bonchev–Trinajstić information content (AvgIpc) is 2.65. The second kappa shape index (κ2) is 3.86. The van der Waals surface area contributed by atoms with E-state index in [0.717, 1.165) is 12.8 Å². The first-order chi connectivity index (χ1) is 6.32. The Hall–Kier alpha value is -0.620. The van der Waals surface area contributed by atoms with Crippen molar-refractivity contribution in [3.63, 3.8) is 0 Å². The Balaban J connectivity index is 2.67. The molecule has 0 aromatic heterocycles. The Bertz CT molecular complexity index is 257. The van der Waals surface area contributed by atoms with Gasteiger partial charge in [0.25, 0.3) is 0 Å². The highest BCUT2D eigenvalue weighted by Crippen LogP contribution is 2.33. The van der Waals surface area contributed by atoms with Gasteiger partial charge in [0.05, 0.1) is 0 Å². The largest absolute Gasteiger partial charge is 0.426 e. The van der Waals surface area contributed by atoms with Crippen molar-refractivity contribution in [2.75, 3.05) is 0 Å². The lowest BCUT2D eigenvalue weighted by atomic mass is 10.1. The van der Waals surface area contributed by atoms with Crippen molar-refractivity contribution in [1.82, 2.24) is 4.90 Å². The third kappa shape index (κ3) is 2.95. The zero-order valence-electron chi connectivity index (χ0n) is 8.52. The van der Waals surface area contributed by atoms with E-state index in [1.807, 2.05) is 20.8 Å². The molecule has 0 bridgehead atoms. The van der Waals surface area contributed by atoms with Crippen molar-refractivity contribution in [3.05, 3.63) is 0 Å². The average molecular weight is 221 g/mol. The standard InChI is InChI=1S/C8H15NO4S/c1-8(2,3)9(6-4-5-6)7(10)13-14(11)12/h6H,4-5H2,1-3H3,(H,11,12). The van der Waals surface area contributed by atoms with E-state index < -0.39 is 17.5 Å². The Morgan fingerprint density at radius 2 is 2.00 bits per heavy atom. The van der Waals surface area contributed by atoms with Crippen LogP contribution in [0, 0.1) is 0 Å². The molecule has 0 radical (unpaired) electrons. The molecule has 1 saturated carbocycles. The maximum absolute atomic E-state index is 11.4. The lowest BCUT2D eigenvalue weighted by Crippen LogP contribution is -2.47. The van der Waals surface area contributed by atoms with Gasteiger partial charge in [-0.05, 0) is 33.6 Å². The SMILES string of the molecule is CC(C)(C)N(C(=O)OS(=O)O)C1CC1. The summed E-state index contributed by atoms with van der Waals surface area (Å²) in [6.45, 7) is 5.60. The molecule has 1 unspecified atom stereocenters. The van der Waals surface area contributed by atoms with Gasteiger partial charge in [0.15, 0.2) is 0 Å². The summed E-state index contributed by atoms with van der Waals surface area (Å²) in [7, 11) is 0. The predicted molar refractivity (Wildman–Crippen MR) is 51.9 cm³/mol. The molecule has 1 amide bonds. The van der Waals surface area contributed by atoms with E-state index in [2.05, 4.69) is 4.18 Å². The van der Waals surface area contributed by atoms with Crippen LogP contribution in [0.15, 0.2) is 0 Å². The van der Waals surface area contributed by atoms with Gasteiger partial charge in [-0.1, -0.05) is 0 Å². The van der Waals surface area contributed by atoms with Crippen molar-refractivity contribution >= 4 is 17.5 Å². The van der Waals surface area contributed by atoms with Gasteiger partial charge in [-0.15, -0.1) is 0 Å². The highest BCUT2D eigenvalue weighted by atomic mass is 32.2. The molecule has 1 fully saturated rings. The van der Waals surface area contributed by atoms with Gasteiger partial charge >= 0.3 is 17.5 Å². The summed E-state index contributed by atoms with van der Waals surface area (Å²) in [6, 6.07) is 0.158. The van der Waals surface area contributed by atoms with Gasteiger partial charge in [0.1, 0.15) is 0 Å². The monoisotopic (exact) mass is 221 g/mol. The quantitative estimate of drug-likeness (QED) is 0.718. The maximum Gasteiger partial charge on any atom is 0.426 e. The van der Waals surface area contributed by atoms with Crippen molar-refractivity contribution in [1.29, 1.82) is 0 Å². The molecular formula is C8H15NO4S. The van der Waals surface area contributed by atoms with Gasteiger partial charge < -0.3 is 4.18 Å². The molecule has 82 valence electrons. The number of rotatable bonds is 2. The summed E-state index contributed by atoms with van der Waals surface area (Å²) in [5, 5.41) is 0. The maximum atomic E-state index is 11.4. The van der Waals surface area contributed by atoms with Crippen molar-refractivity contribution in [2.45, 2.75) is 45.2 Å². The van der Waals surface area contributed by atoms with Crippen LogP contribution < -0.4 is 0 Å². The molecular weight excluding hydrogens is 206 g/mol. The molecule has 0 aliphatic heterocycles. The summed E-state index contributed by atoms with van der Waals surface area (Å²) in [5.74, 6) is 0. The van der Waals surface area contributed by atoms with Crippen LogP contribution in [0.1, 0.15) is 33.6 Å². The number of hydrogen-bond acceptors (Lipinski definition) is 3. The summed E-state index contributed by atoms with van der Waals surface area (Å²) in [5.41, 5.74) is -0.377. The minimum Gasteiger partial charge on any atom is -0.325 e. The first-order valence-electron chi connectivity index (χ1n) is 4.45. The molecule has 1 aliphatic carbocycles. The van der Waals surface area contributed by atoms with Crippen molar-refractivity contribution < 1.29 is 17.7 Å². The fourth-order valence-electron chi connectivity index (χ4n) is 1.40. The summed E-state index contributed by atoms with van der Waals surface area (Å²) >= 11 is -2.53. The zero-order valence-corrected chi connectivity index (χ0v) is 9.34. The van der Waals surface area contributed by atoms with E-state index in [1.165, 1.54) is 4.90 Å². The smallest absolute Gasteiger partial charge is 0.325 e. The first kappa shape index (κ1) is 11.5. The third-order valence-electron chi connectivity index (χ3n) is 1.97. The molecule has 5 nitrogen and oxygen atoms in total. The van der Waals surface area contributed by atoms with Crippen LogP contribution in [0.5, 0.6) is 0 Å². The lowest BCUT2D eigenvalue weighted by Gasteiger charge is -2.34.